The van der Waals surface area contributed by atoms with Gasteiger partial charge in [0.25, 0.3) is 0 Å². The molecule has 1 aromatic heterocycles. The van der Waals surface area contributed by atoms with Crippen molar-refractivity contribution in [1.82, 2.24) is 15.2 Å². The quantitative estimate of drug-likeness (QED) is 0.164. The van der Waals surface area contributed by atoms with Gasteiger partial charge >= 0.3 is 0 Å². The van der Waals surface area contributed by atoms with E-state index in [9.17, 15) is 0 Å². The van der Waals surface area contributed by atoms with E-state index < -0.39 is 25.0 Å². The number of ether oxygens (including phenoxy) is 2. The third kappa shape index (κ3) is 10.5. The lowest BCUT2D eigenvalue weighted by Crippen LogP contribution is -2.58. The van der Waals surface area contributed by atoms with Crippen molar-refractivity contribution < 1.29 is 22.8 Å². The maximum absolute atomic E-state index is 7.00. The average Bonchev–Trinajstić information content (AvgIpc) is 3.50. The number of aromatic amines is 1. The highest BCUT2D eigenvalue weighted by Crippen LogP contribution is 2.41. The fourth-order valence-electron chi connectivity index (χ4n) is 6.12. The van der Waals surface area contributed by atoms with Crippen LogP contribution in [-0.2, 0) is 22.8 Å². The Morgan fingerprint density at radius 2 is 1.57 bits per heavy atom. The van der Waals surface area contributed by atoms with Crippen LogP contribution in [0.5, 0.6) is 0 Å². The molecule has 8 atom stereocenters. The highest BCUT2D eigenvalue weighted by Gasteiger charge is 2.51. The molecule has 0 bridgehead atoms. The number of hydrogen-bond donors (Lipinski definition) is 1. The Morgan fingerprint density at radius 1 is 0.932 bits per heavy atom. The summed E-state index contributed by atoms with van der Waals surface area (Å²) in [6.07, 6.45) is 4.04. The lowest BCUT2D eigenvalue weighted by Gasteiger charge is -2.47. The standard InChI is InChI=1S/C33H57N3O5Si3/c1-22(19-29-34-33(36-35-29)25-16-14-13-15-17-25)18-27-32(41-44(10,11)12)31(40-43(7,8)9)26(21-37-27)20-28-30(38-28)23(2)24(3)39-42(4,5)6/h13-17,19,23-24,26-28,30-32H,18,20-21H2,1-12H3,(H,34,35,36)/b22-19+/t23-,24-,26-,27-,28-,30-,31+,32-/m0/s1. The number of nitrogens with zero attached hydrogens (tertiary/aromatic N) is 2. The van der Waals surface area contributed by atoms with Crippen LogP contribution in [0.4, 0.5) is 0 Å². The van der Waals surface area contributed by atoms with Crippen LogP contribution in [0.15, 0.2) is 35.9 Å². The van der Waals surface area contributed by atoms with Gasteiger partial charge in [0.2, 0.25) is 0 Å². The van der Waals surface area contributed by atoms with Crippen molar-refractivity contribution in [2.24, 2.45) is 11.8 Å². The fourth-order valence-corrected chi connectivity index (χ4v) is 9.70. The molecule has 8 nitrogen and oxygen atoms in total. The zero-order valence-corrected chi connectivity index (χ0v) is 32.1. The third-order valence-corrected chi connectivity index (χ3v) is 11.1. The molecule has 0 unspecified atom stereocenters. The smallest absolute Gasteiger partial charge is 0.184 e. The lowest BCUT2D eigenvalue weighted by molar-refractivity contribution is -0.152. The van der Waals surface area contributed by atoms with Gasteiger partial charge in [-0.3, -0.25) is 5.10 Å². The molecular formula is C33H57N3O5Si3. The monoisotopic (exact) mass is 659 g/mol. The topological polar surface area (TPSA) is 91.0 Å². The summed E-state index contributed by atoms with van der Waals surface area (Å²) < 4.78 is 33.3. The molecule has 2 saturated heterocycles. The number of nitrogens with one attached hydrogen (secondary N) is 1. The predicted molar refractivity (Wildman–Crippen MR) is 186 cm³/mol. The Bertz CT molecular complexity index is 1240. The molecule has 246 valence electrons. The maximum atomic E-state index is 7.00. The molecule has 0 radical (unpaired) electrons. The van der Waals surface area contributed by atoms with Crippen molar-refractivity contribution in [2.45, 2.75) is 129 Å². The Balaban J connectivity index is 1.49. The summed E-state index contributed by atoms with van der Waals surface area (Å²) in [6.45, 7) is 27.6. The molecule has 4 rings (SSSR count). The summed E-state index contributed by atoms with van der Waals surface area (Å²) in [7, 11) is -5.43. The van der Waals surface area contributed by atoms with Crippen LogP contribution >= 0.6 is 0 Å². The largest absolute Gasteiger partial charge is 0.415 e. The molecule has 2 fully saturated rings. The number of H-pyrrole nitrogens is 1. The van der Waals surface area contributed by atoms with Gasteiger partial charge in [-0.15, -0.1) is 0 Å². The Kier molecular flexibility index (Phi) is 11.4. The molecule has 3 heterocycles. The van der Waals surface area contributed by atoms with Crippen molar-refractivity contribution in [1.29, 1.82) is 0 Å². The maximum Gasteiger partial charge on any atom is 0.184 e. The van der Waals surface area contributed by atoms with Gasteiger partial charge in [-0.05, 0) is 91.7 Å². The van der Waals surface area contributed by atoms with Gasteiger partial charge in [-0.2, -0.15) is 5.10 Å². The summed E-state index contributed by atoms with van der Waals surface area (Å²) in [5, 5.41) is 7.52. The summed E-state index contributed by atoms with van der Waals surface area (Å²) in [5.41, 5.74) is 2.16. The normalized spacial score (nSPS) is 28.1. The van der Waals surface area contributed by atoms with E-state index in [1.807, 2.05) is 30.3 Å². The van der Waals surface area contributed by atoms with E-state index in [0.29, 0.717) is 18.3 Å². The van der Waals surface area contributed by atoms with Crippen molar-refractivity contribution in [3.05, 3.63) is 41.7 Å². The minimum absolute atomic E-state index is 0.0364. The van der Waals surface area contributed by atoms with Crippen molar-refractivity contribution in [3.63, 3.8) is 0 Å². The van der Waals surface area contributed by atoms with Gasteiger partial charge in [0.1, 0.15) is 5.82 Å². The third-order valence-electron chi connectivity index (χ3n) is 8.05. The van der Waals surface area contributed by atoms with Gasteiger partial charge in [-0.1, -0.05) is 42.8 Å². The summed E-state index contributed by atoms with van der Waals surface area (Å²) in [4.78, 5) is 4.71. The van der Waals surface area contributed by atoms with Crippen LogP contribution in [0.1, 0.15) is 39.4 Å². The van der Waals surface area contributed by atoms with Gasteiger partial charge in [0.15, 0.2) is 30.8 Å². The first kappa shape index (κ1) is 35.4. The van der Waals surface area contributed by atoms with E-state index in [0.717, 1.165) is 29.8 Å². The van der Waals surface area contributed by atoms with Crippen molar-refractivity contribution >= 4 is 31.0 Å². The van der Waals surface area contributed by atoms with Gasteiger partial charge < -0.3 is 22.8 Å². The predicted octanol–water partition coefficient (Wildman–Crippen LogP) is 7.75. The number of epoxide rings is 1. The molecule has 2 aliphatic rings. The van der Waals surface area contributed by atoms with Crippen LogP contribution in [0.3, 0.4) is 0 Å². The minimum atomic E-state index is -1.92. The highest BCUT2D eigenvalue weighted by molar-refractivity contribution is 6.70. The highest BCUT2D eigenvalue weighted by atomic mass is 28.4. The second kappa shape index (κ2) is 14.1. The van der Waals surface area contributed by atoms with E-state index in [4.69, 9.17) is 27.7 Å². The fraction of sp³-hybridized carbons (Fsp3) is 0.697. The Hall–Kier alpha value is -1.45. The summed E-state index contributed by atoms with van der Waals surface area (Å²) in [6, 6.07) is 10.0. The molecule has 1 aromatic carbocycles. The number of aromatic nitrogens is 3. The van der Waals surface area contributed by atoms with Crippen molar-refractivity contribution in [2.75, 3.05) is 6.61 Å². The molecule has 0 aliphatic carbocycles. The van der Waals surface area contributed by atoms with Crippen LogP contribution in [0.25, 0.3) is 17.5 Å². The van der Waals surface area contributed by atoms with Gasteiger partial charge in [0, 0.05) is 23.5 Å². The molecule has 1 N–H and O–H groups in total. The zero-order valence-electron chi connectivity index (χ0n) is 29.1. The molecular weight excluding hydrogens is 603 g/mol. The van der Waals surface area contributed by atoms with Crippen LogP contribution in [0.2, 0.25) is 58.9 Å². The van der Waals surface area contributed by atoms with Crippen LogP contribution in [0, 0.1) is 11.8 Å². The van der Waals surface area contributed by atoms with Gasteiger partial charge in [0.05, 0.1) is 37.1 Å². The molecule has 0 spiro atoms. The molecule has 2 aromatic rings. The van der Waals surface area contributed by atoms with Crippen LogP contribution in [-0.4, -0.2) is 83.4 Å². The van der Waals surface area contributed by atoms with E-state index in [1.54, 1.807) is 0 Å². The first-order chi connectivity index (χ1) is 20.4. The molecule has 44 heavy (non-hydrogen) atoms. The first-order valence-electron chi connectivity index (χ1n) is 16.3. The zero-order chi connectivity index (χ0) is 32.4. The van der Waals surface area contributed by atoms with E-state index >= 15 is 0 Å². The number of hydrogen-bond acceptors (Lipinski definition) is 7. The number of benzene rings is 1. The first-order valence-corrected chi connectivity index (χ1v) is 26.6. The second-order valence-electron chi connectivity index (χ2n) is 15.8. The van der Waals surface area contributed by atoms with E-state index in [2.05, 4.69) is 96.0 Å². The molecule has 0 amide bonds. The lowest BCUT2D eigenvalue weighted by atomic mass is 9.85. The van der Waals surface area contributed by atoms with E-state index in [-0.39, 0.29) is 42.5 Å². The van der Waals surface area contributed by atoms with E-state index in [1.165, 1.54) is 0 Å². The second-order valence-corrected chi connectivity index (χ2v) is 29.2. The SMILES string of the molecule is C/C(=C\c1nc(-c2ccccc2)n[nH]1)C[C@@H]1OC[C@H](C[C@@H]2O[C@H]2[C@@H](C)[C@H](C)O[Si](C)(C)C)[C@@H](O[Si](C)(C)C)[C@H]1O[Si](C)(C)C. The van der Waals surface area contributed by atoms with Gasteiger partial charge in [-0.25, -0.2) is 4.98 Å². The Labute approximate surface area is 269 Å². The Morgan fingerprint density at radius 3 is 2.18 bits per heavy atom. The number of rotatable bonds is 14. The van der Waals surface area contributed by atoms with Crippen LogP contribution < -0.4 is 0 Å². The molecule has 11 heteroatoms. The molecule has 2 aliphatic heterocycles. The average molecular weight is 660 g/mol. The molecule has 0 saturated carbocycles. The summed E-state index contributed by atoms with van der Waals surface area (Å²) in [5.74, 6) is 2.00. The van der Waals surface area contributed by atoms with Crippen molar-refractivity contribution in [3.8, 4) is 11.4 Å². The summed E-state index contributed by atoms with van der Waals surface area (Å²) >= 11 is 0. The minimum Gasteiger partial charge on any atom is -0.415 e.